The van der Waals surface area contributed by atoms with Crippen LogP contribution >= 0.6 is 0 Å². The quantitative estimate of drug-likeness (QED) is 0.0853. The average Bonchev–Trinajstić information content (AvgIpc) is 3.13. The first-order chi connectivity index (χ1) is 31.3. The van der Waals surface area contributed by atoms with Gasteiger partial charge in [-0.25, -0.2) is 4.79 Å². The predicted molar refractivity (Wildman–Crippen MR) is 257 cm³/mol. The van der Waals surface area contributed by atoms with Crippen LogP contribution < -0.4 is 10.6 Å². The Morgan fingerprint density at radius 3 is 1.10 bits per heavy atom. The molecule has 0 aromatic carbocycles. The zero-order chi connectivity index (χ0) is 51.8. The van der Waals surface area contributed by atoms with Gasteiger partial charge in [-0.2, -0.15) is 0 Å². The molecule has 68 heavy (non-hydrogen) atoms. The van der Waals surface area contributed by atoms with Gasteiger partial charge in [-0.3, -0.25) is 43.6 Å². The number of esters is 4. The molecule has 0 aromatic rings. The van der Waals surface area contributed by atoms with Gasteiger partial charge in [0.15, 0.2) is 0 Å². The van der Waals surface area contributed by atoms with Crippen LogP contribution in [0.15, 0.2) is 0 Å². The number of nitrogens with one attached hydrogen (secondary N) is 2. The van der Waals surface area contributed by atoms with Gasteiger partial charge in [0.2, 0.25) is 5.91 Å². The first kappa shape index (κ1) is 62.4. The van der Waals surface area contributed by atoms with E-state index in [1.54, 1.807) is 83.1 Å². The number of carbonyl (C=O) groups is 6. The molecule has 1 atom stereocenters. The Labute approximate surface area is 407 Å². The minimum Gasteiger partial charge on any atom is -0.459 e. The number of carbonyl (C=O) groups excluding carboxylic acids is 6. The minimum atomic E-state index is -0.850. The molecular formula is C48H90N6O14. The molecule has 2 amide bonds. The molecule has 0 radical (unpaired) electrons. The highest BCUT2D eigenvalue weighted by atomic mass is 16.6. The lowest BCUT2D eigenvalue weighted by Crippen LogP contribution is -2.53. The lowest BCUT2D eigenvalue weighted by molar-refractivity contribution is -0.163. The molecule has 1 saturated heterocycles. The number of hydrogen-bond donors (Lipinski definition) is 2. The van der Waals surface area contributed by atoms with Crippen molar-refractivity contribution < 1.29 is 66.7 Å². The SMILES string of the molecule is CC(C)(C)OC(=O)CN1CCN(CC(=O)OC(C)(C)C)CCN(C(CCC(=O)NCCOCCOCCOCCNC(=O)OC(C)(C)C)C(=O)OC(C)(C)C)CCN(CC(=O)OC(C)(C)C)CC1. The molecule has 0 saturated carbocycles. The van der Waals surface area contributed by atoms with Gasteiger partial charge >= 0.3 is 30.0 Å². The summed E-state index contributed by atoms with van der Waals surface area (Å²) in [7, 11) is 0. The maximum absolute atomic E-state index is 14.1. The van der Waals surface area contributed by atoms with Gasteiger partial charge < -0.3 is 48.5 Å². The summed E-state index contributed by atoms with van der Waals surface area (Å²) in [6.45, 7) is 32.2. The van der Waals surface area contributed by atoms with E-state index in [-0.39, 0.29) is 51.5 Å². The van der Waals surface area contributed by atoms with Crippen LogP contribution in [0, 0.1) is 0 Å². The Bertz CT molecular complexity index is 1480. The number of rotatable bonds is 23. The molecule has 396 valence electrons. The summed E-state index contributed by atoms with van der Waals surface area (Å²) >= 11 is 0. The molecule has 0 aliphatic carbocycles. The normalized spacial score (nSPS) is 16.4. The van der Waals surface area contributed by atoms with E-state index >= 15 is 0 Å². The van der Waals surface area contributed by atoms with Crippen LogP contribution in [0.2, 0.25) is 0 Å². The molecule has 1 rings (SSSR count). The second kappa shape index (κ2) is 30.2. The molecule has 20 nitrogen and oxygen atoms in total. The summed E-state index contributed by atoms with van der Waals surface area (Å²) in [5.74, 6) is -1.98. The third-order valence-electron chi connectivity index (χ3n) is 9.18. The van der Waals surface area contributed by atoms with Crippen molar-refractivity contribution in [2.45, 2.75) is 151 Å². The highest BCUT2D eigenvalue weighted by Crippen LogP contribution is 2.18. The summed E-state index contributed by atoms with van der Waals surface area (Å²) in [5, 5.41) is 5.49. The van der Waals surface area contributed by atoms with Crippen molar-refractivity contribution in [3.8, 4) is 0 Å². The number of amides is 2. The van der Waals surface area contributed by atoms with Gasteiger partial charge in [-0.1, -0.05) is 0 Å². The zero-order valence-corrected chi connectivity index (χ0v) is 44.4. The first-order valence-electron chi connectivity index (χ1n) is 24.1. The molecule has 2 N–H and O–H groups in total. The molecule has 0 spiro atoms. The molecule has 1 fully saturated rings. The van der Waals surface area contributed by atoms with E-state index in [0.717, 1.165) is 0 Å². The van der Waals surface area contributed by atoms with Gasteiger partial charge in [0.05, 0.1) is 59.3 Å². The van der Waals surface area contributed by atoms with Crippen LogP contribution in [0.4, 0.5) is 4.79 Å². The summed E-state index contributed by atoms with van der Waals surface area (Å²) in [6, 6.07) is -0.850. The Morgan fingerprint density at radius 2 is 0.750 bits per heavy atom. The fraction of sp³-hybridized carbons (Fsp3) is 0.875. The van der Waals surface area contributed by atoms with Crippen molar-refractivity contribution in [2.75, 3.05) is 125 Å². The summed E-state index contributed by atoms with van der Waals surface area (Å²) in [6.07, 6.45) is -0.350. The number of alkyl carbamates (subject to hydrolysis) is 1. The predicted octanol–water partition coefficient (Wildman–Crippen LogP) is 3.41. The molecule has 1 unspecified atom stereocenters. The monoisotopic (exact) mass is 975 g/mol. The van der Waals surface area contributed by atoms with Crippen LogP contribution in [0.1, 0.15) is 117 Å². The van der Waals surface area contributed by atoms with Gasteiger partial charge in [-0.15, -0.1) is 0 Å². The van der Waals surface area contributed by atoms with E-state index in [1.165, 1.54) is 0 Å². The standard InChI is InChI=1S/C48H90N6O14/c1-44(2,3)64-39(56)34-51-20-22-52(35-40(57)65-45(4,5)6)24-26-54(27-25-53(23-21-51)36-41(58)66-46(7,8)9)37(42(59)67-47(10,11)12)16-17-38(55)49-18-28-61-30-32-63-33-31-62-29-19-50-43(60)68-48(13,14)15/h37H,16-36H2,1-15H3,(H,49,55)(H,50,60). The van der Waals surface area contributed by atoms with Crippen LogP contribution in [-0.2, 0) is 61.9 Å². The zero-order valence-electron chi connectivity index (χ0n) is 44.4. The third-order valence-corrected chi connectivity index (χ3v) is 9.18. The first-order valence-corrected chi connectivity index (χ1v) is 24.1. The second-order valence-electron chi connectivity index (χ2n) is 21.8. The van der Waals surface area contributed by atoms with Crippen molar-refractivity contribution in [2.24, 2.45) is 0 Å². The van der Waals surface area contributed by atoms with Crippen molar-refractivity contribution in [1.82, 2.24) is 30.2 Å². The highest BCUT2D eigenvalue weighted by molar-refractivity contribution is 5.79. The fourth-order valence-electron chi connectivity index (χ4n) is 6.53. The van der Waals surface area contributed by atoms with Crippen LogP contribution in [0.25, 0.3) is 0 Å². The van der Waals surface area contributed by atoms with E-state index in [0.29, 0.717) is 91.9 Å². The van der Waals surface area contributed by atoms with E-state index in [4.69, 9.17) is 37.9 Å². The van der Waals surface area contributed by atoms with Gasteiger partial charge in [-0.05, 0) is 110 Å². The summed E-state index contributed by atoms with van der Waals surface area (Å²) in [5.41, 5.74) is -3.48. The number of ether oxygens (including phenoxy) is 8. The Kier molecular flexibility index (Phi) is 27.7. The van der Waals surface area contributed by atoms with Crippen molar-refractivity contribution in [3.63, 3.8) is 0 Å². The Balaban J connectivity index is 3.10. The Morgan fingerprint density at radius 1 is 0.426 bits per heavy atom. The van der Waals surface area contributed by atoms with Crippen molar-refractivity contribution in [3.05, 3.63) is 0 Å². The molecule has 1 aliphatic heterocycles. The minimum absolute atomic E-state index is 0.00337. The number of nitrogens with zero attached hydrogens (tertiary/aromatic N) is 4. The van der Waals surface area contributed by atoms with Crippen LogP contribution in [-0.4, -0.2) is 214 Å². The molecule has 0 aromatic heterocycles. The maximum atomic E-state index is 14.1. The second-order valence-corrected chi connectivity index (χ2v) is 21.8. The van der Waals surface area contributed by atoms with Crippen LogP contribution in [0.5, 0.6) is 0 Å². The summed E-state index contributed by atoms with van der Waals surface area (Å²) < 4.78 is 44.8. The largest absolute Gasteiger partial charge is 0.459 e. The van der Waals surface area contributed by atoms with E-state index in [1.807, 2.05) is 40.4 Å². The Hall–Kier alpha value is -3.66. The number of hydrogen-bond acceptors (Lipinski definition) is 18. The van der Waals surface area contributed by atoms with Gasteiger partial charge in [0.1, 0.15) is 34.0 Å². The smallest absolute Gasteiger partial charge is 0.407 e. The lowest BCUT2D eigenvalue weighted by Gasteiger charge is -2.37. The van der Waals surface area contributed by atoms with Gasteiger partial charge in [0, 0.05) is 71.9 Å². The fourth-order valence-corrected chi connectivity index (χ4v) is 6.53. The average molecular weight is 975 g/mol. The molecular weight excluding hydrogens is 885 g/mol. The van der Waals surface area contributed by atoms with Crippen molar-refractivity contribution >= 4 is 35.9 Å². The van der Waals surface area contributed by atoms with Crippen molar-refractivity contribution in [1.29, 1.82) is 0 Å². The molecule has 20 heteroatoms. The lowest BCUT2D eigenvalue weighted by atomic mass is 10.1. The van der Waals surface area contributed by atoms with E-state index < -0.39 is 64.0 Å². The summed E-state index contributed by atoms with van der Waals surface area (Å²) in [4.78, 5) is 86.3. The van der Waals surface area contributed by atoms with Gasteiger partial charge in [0.25, 0.3) is 0 Å². The maximum Gasteiger partial charge on any atom is 0.407 e. The molecule has 1 heterocycles. The van der Waals surface area contributed by atoms with Crippen LogP contribution in [0.3, 0.4) is 0 Å². The highest BCUT2D eigenvalue weighted by Gasteiger charge is 2.33. The van der Waals surface area contributed by atoms with E-state index in [2.05, 4.69) is 10.6 Å². The topological polar surface area (TPSA) is 213 Å². The third kappa shape index (κ3) is 34.6. The molecule has 1 aliphatic rings. The molecule has 0 bridgehead atoms. The van der Waals surface area contributed by atoms with E-state index in [9.17, 15) is 28.8 Å².